The van der Waals surface area contributed by atoms with Gasteiger partial charge in [0.1, 0.15) is 0 Å². The van der Waals surface area contributed by atoms with Crippen molar-refractivity contribution in [2.75, 3.05) is 0 Å². The molecule has 1 aromatic heterocycles. The van der Waals surface area contributed by atoms with Crippen LogP contribution in [0.1, 0.15) is 11.1 Å². The minimum Gasteiger partial charge on any atom is -0.193 e. The molecule has 1 nitrogen and oxygen atoms in total. The Morgan fingerprint density at radius 2 is 1.52 bits per heavy atom. The van der Waals surface area contributed by atoms with Crippen molar-refractivity contribution < 1.29 is 4.57 Å². The number of nitrogens with zero attached hydrogens (tertiary/aromatic N) is 1. The molecule has 0 spiro atoms. The summed E-state index contributed by atoms with van der Waals surface area (Å²) in [5.41, 5.74) is 10.4. The molecule has 0 radical (unpaired) electrons. The van der Waals surface area contributed by atoms with Gasteiger partial charge in [0.05, 0.1) is 5.56 Å². The number of hydrogen-bond donors (Lipinski definition) is 0. The van der Waals surface area contributed by atoms with Crippen LogP contribution in [0, 0.1) is 6.92 Å². The fourth-order valence-electron chi connectivity index (χ4n) is 3.96. The van der Waals surface area contributed by atoms with E-state index in [1.807, 2.05) is 0 Å². The standard InChI is InChI=1S/C25H19BrN/c1-17-12-25-23-14-22(26)11-10-21(23)15-27(25)16-24(17)20-9-5-8-19(13-20)18-6-3-2-4-7-18/h2-14,16H,15H2,1H3/q+1. The first-order chi connectivity index (χ1) is 13.2. The smallest absolute Gasteiger partial charge is 0.193 e. The summed E-state index contributed by atoms with van der Waals surface area (Å²) in [4.78, 5) is 0. The quantitative estimate of drug-likeness (QED) is 0.295. The molecule has 4 aromatic rings. The Kier molecular flexibility index (Phi) is 3.95. The summed E-state index contributed by atoms with van der Waals surface area (Å²) in [7, 11) is 0. The van der Waals surface area contributed by atoms with E-state index >= 15 is 0 Å². The van der Waals surface area contributed by atoms with Crippen molar-refractivity contribution in [2.24, 2.45) is 0 Å². The second kappa shape index (κ2) is 6.47. The minimum atomic E-state index is 0.934. The molecule has 0 fully saturated rings. The largest absolute Gasteiger partial charge is 0.213 e. The summed E-state index contributed by atoms with van der Waals surface area (Å²) in [5.74, 6) is 0. The molecule has 2 heteroatoms. The SMILES string of the molecule is Cc1cc2[n+](cc1-c1cccc(-c3ccccc3)c1)Cc1ccc(Br)cc1-2. The van der Waals surface area contributed by atoms with Crippen LogP contribution in [0.3, 0.4) is 0 Å². The molecule has 0 unspecified atom stereocenters. The number of aromatic nitrogens is 1. The van der Waals surface area contributed by atoms with E-state index in [4.69, 9.17) is 0 Å². The van der Waals surface area contributed by atoms with E-state index in [9.17, 15) is 0 Å². The van der Waals surface area contributed by atoms with Gasteiger partial charge in [-0.3, -0.25) is 0 Å². The van der Waals surface area contributed by atoms with Crippen LogP contribution < -0.4 is 4.57 Å². The molecule has 0 aliphatic carbocycles. The predicted octanol–water partition coefficient (Wildman–Crippen LogP) is 6.41. The highest BCUT2D eigenvalue weighted by Crippen LogP contribution is 2.34. The third-order valence-electron chi connectivity index (χ3n) is 5.34. The molecule has 0 N–H and O–H groups in total. The van der Waals surface area contributed by atoms with Gasteiger partial charge in [-0.05, 0) is 47.4 Å². The molecule has 5 rings (SSSR count). The highest BCUT2D eigenvalue weighted by atomic mass is 79.9. The minimum absolute atomic E-state index is 0.934. The van der Waals surface area contributed by atoms with Crippen LogP contribution in [0.5, 0.6) is 0 Å². The van der Waals surface area contributed by atoms with E-state index in [0.29, 0.717) is 0 Å². The summed E-state index contributed by atoms with van der Waals surface area (Å²) < 4.78 is 3.50. The summed E-state index contributed by atoms with van der Waals surface area (Å²) in [6, 6.07) is 28.3. The molecule has 130 valence electrons. The van der Waals surface area contributed by atoms with Crippen LogP contribution in [0.25, 0.3) is 33.5 Å². The maximum atomic E-state index is 3.61. The second-order valence-electron chi connectivity index (χ2n) is 7.13. The summed E-state index contributed by atoms with van der Waals surface area (Å²) in [6.45, 7) is 3.14. The average molecular weight is 413 g/mol. The molecular formula is C25H19BrN+. The monoisotopic (exact) mass is 412 g/mol. The van der Waals surface area contributed by atoms with Crippen LogP contribution >= 0.6 is 15.9 Å². The number of pyridine rings is 1. The lowest BCUT2D eigenvalue weighted by molar-refractivity contribution is -0.671. The van der Waals surface area contributed by atoms with Crippen LogP contribution in [0.4, 0.5) is 0 Å². The van der Waals surface area contributed by atoms with E-state index in [-0.39, 0.29) is 0 Å². The normalized spacial score (nSPS) is 11.9. The number of rotatable bonds is 2. The topological polar surface area (TPSA) is 3.88 Å². The first-order valence-electron chi connectivity index (χ1n) is 9.18. The van der Waals surface area contributed by atoms with Gasteiger partial charge in [0.15, 0.2) is 12.7 Å². The Balaban J connectivity index is 1.61. The Morgan fingerprint density at radius 3 is 2.37 bits per heavy atom. The Labute approximate surface area is 168 Å². The number of benzene rings is 3. The van der Waals surface area contributed by atoms with Gasteiger partial charge in [0.2, 0.25) is 5.69 Å². The highest BCUT2D eigenvalue weighted by Gasteiger charge is 2.27. The molecule has 0 amide bonds. The molecule has 27 heavy (non-hydrogen) atoms. The van der Waals surface area contributed by atoms with Crippen LogP contribution in [-0.4, -0.2) is 0 Å². The van der Waals surface area contributed by atoms with Gasteiger partial charge >= 0.3 is 0 Å². The van der Waals surface area contributed by atoms with E-state index in [0.717, 1.165) is 11.0 Å². The number of hydrogen-bond acceptors (Lipinski definition) is 0. The fraction of sp³-hybridized carbons (Fsp3) is 0.0800. The Hall–Kier alpha value is -2.71. The van der Waals surface area contributed by atoms with Gasteiger partial charge < -0.3 is 0 Å². The van der Waals surface area contributed by atoms with E-state index < -0.39 is 0 Å². The van der Waals surface area contributed by atoms with Gasteiger partial charge in [-0.25, -0.2) is 0 Å². The molecule has 1 aliphatic rings. The van der Waals surface area contributed by atoms with E-state index in [2.05, 4.69) is 112 Å². The Bertz CT molecular complexity index is 1160. The van der Waals surface area contributed by atoms with Crippen LogP contribution in [0.2, 0.25) is 0 Å². The van der Waals surface area contributed by atoms with Gasteiger partial charge in [0.25, 0.3) is 0 Å². The third kappa shape index (κ3) is 2.90. The van der Waals surface area contributed by atoms with Crippen LogP contribution in [0.15, 0.2) is 89.5 Å². The molecule has 0 saturated carbocycles. The van der Waals surface area contributed by atoms with Gasteiger partial charge in [-0.15, -0.1) is 0 Å². The summed E-state index contributed by atoms with van der Waals surface area (Å²) in [6.07, 6.45) is 2.31. The van der Waals surface area contributed by atoms with Crippen molar-refractivity contribution in [1.82, 2.24) is 0 Å². The van der Waals surface area contributed by atoms with Crippen LogP contribution in [-0.2, 0) is 6.54 Å². The zero-order chi connectivity index (χ0) is 18.4. The Morgan fingerprint density at radius 1 is 0.741 bits per heavy atom. The first-order valence-corrected chi connectivity index (χ1v) is 9.97. The summed E-state index contributed by atoms with van der Waals surface area (Å²) >= 11 is 3.61. The van der Waals surface area contributed by atoms with Crippen molar-refractivity contribution in [1.29, 1.82) is 0 Å². The van der Waals surface area contributed by atoms with Crippen molar-refractivity contribution in [3.8, 4) is 33.5 Å². The maximum Gasteiger partial charge on any atom is 0.213 e. The lowest BCUT2D eigenvalue weighted by atomic mass is 9.97. The van der Waals surface area contributed by atoms with Crippen molar-refractivity contribution in [2.45, 2.75) is 13.5 Å². The van der Waals surface area contributed by atoms with E-state index in [1.54, 1.807) is 0 Å². The number of halogens is 1. The molecule has 1 aliphatic heterocycles. The average Bonchev–Trinajstić information content (AvgIpc) is 3.05. The molecule has 0 bridgehead atoms. The molecule has 3 aromatic carbocycles. The lowest BCUT2D eigenvalue weighted by Crippen LogP contribution is -2.32. The maximum absolute atomic E-state index is 3.61. The second-order valence-corrected chi connectivity index (χ2v) is 8.05. The van der Waals surface area contributed by atoms with Gasteiger partial charge in [-0.2, -0.15) is 4.57 Å². The fourth-order valence-corrected chi connectivity index (χ4v) is 4.32. The first kappa shape index (κ1) is 16.5. The third-order valence-corrected chi connectivity index (χ3v) is 5.83. The molecular weight excluding hydrogens is 394 g/mol. The zero-order valence-electron chi connectivity index (χ0n) is 15.1. The molecule has 0 saturated heterocycles. The van der Waals surface area contributed by atoms with Crippen molar-refractivity contribution in [3.63, 3.8) is 0 Å². The molecule has 2 heterocycles. The molecule has 0 atom stereocenters. The van der Waals surface area contributed by atoms with Gasteiger partial charge in [0, 0.05) is 21.7 Å². The van der Waals surface area contributed by atoms with Crippen molar-refractivity contribution >= 4 is 15.9 Å². The van der Waals surface area contributed by atoms with Gasteiger partial charge in [-0.1, -0.05) is 70.5 Å². The van der Waals surface area contributed by atoms with Crippen molar-refractivity contribution in [3.05, 3.63) is 101 Å². The number of aryl methyl sites for hydroxylation is 1. The lowest BCUT2D eigenvalue weighted by Gasteiger charge is -2.08. The summed E-state index contributed by atoms with van der Waals surface area (Å²) in [5, 5.41) is 0. The predicted molar refractivity (Wildman–Crippen MR) is 114 cm³/mol. The highest BCUT2D eigenvalue weighted by molar-refractivity contribution is 9.10. The van der Waals surface area contributed by atoms with E-state index in [1.165, 1.54) is 44.6 Å². The number of fused-ring (bicyclic) bond motifs is 3. The zero-order valence-corrected chi connectivity index (χ0v) is 16.7.